The van der Waals surface area contributed by atoms with Crippen LogP contribution >= 0.6 is 0 Å². The van der Waals surface area contributed by atoms with E-state index < -0.39 is 0 Å². The maximum atomic E-state index is 3.92. The van der Waals surface area contributed by atoms with Crippen LogP contribution in [0.5, 0.6) is 0 Å². The van der Waals surface area contributed by atoms with E-state index in [2.05, 4.69) is 36.3 Å². The Morgan fingerprint density at radius 1 is 1.33 bits per heavy atom. The summed E-state index contributed by atoms with van der Waals surface area (Å²) in [5.41, 5.74) is 1.16. The first-order valence-corrected chi connectivity index (χ1v) is 5.90. The summed E-state index contributed by atoms with van der Waals surface area (Å²) in [6, 6.07) is 2.60. The molecule has 0 radical (unpaired) electrons. The van der Waals surface area contributed by atoms with Gasteiger partial charge in [0.1, 0.15) is 0 Å². The molecule has 86 valence electrons. The summed E-state index contributed by atoms with van der Waals surface area (Å²) in [7, 11) is 0. The van der Waals surface area contributed by atoms with E-state index in [0.29, 0.717) is 6.04 Å². The Balaban J connectivity index is 2.06. The van der Waals surface area contributed by atoms with Crippen LogP contribution in [-0.4, -0.2) is 16.2 Å². The molecule has 2 N–H and O–H groups in total. The van der Waals surface area contributed by atoms with Crippen molar-refractivity contribution in [2.24, 2.45) is 5.92 Å². The maximum Gasteiger partial charge on any atom is 0.0490 e. The molecule has 1 atom stereocenters. The molecule has 0 aliphatic heterocycles. The molecule has 1 heterocycles. The van der Waals surface area contributed by atoms with Crippen LogP contribution in [0.15, 0.2) is 12.3 Å². The number of aromatic nitrogens is 2. The molecular weight excluding hydrogens is 186 g/mol. The lowest BCUT2D eigenvalue weighted by Crippen LogP contribution is -2.25. The second-order valence-corrected chi connectivity index (χ2v) is 4.69. The fraction of sp³-hybridized carbons (Fsp3) is 0.750. The first kappa shape index (κ1) is 12.2. The van der Waals surface area contributed by atoms with E-state index in [0.717, 1.165) is 18.2 Å². The average molecular weight is 209 g/mol. The maximum absolute atomic E-state index is 3.92. The number of H-pyrrole nitrogens is 1. The van der Waals surface area contributed by atoms with E-state index in [1.54, 1.807) is 6.20 Å². The van der Waals surface area contributed by atoms with Gasteiger partial charge in [0.05, 0.1) is 0 Å². The third kappa shape index (κ3) is 5.57. The molecular formula is C12H23N3. The summed E-state index contributed by atoms with van der Waals surface area (Å²) in [5, 5.41) is 10.4. The van der Waals surface area contributed by atoms with Crippen molar-refractivity contribution in [3.8, 4) is 0 Å². The Morgan fingerprint density at radius 2 is 2.13 bits per heavy atom. The smallest absolute Gasteiger partial charge is 0.0490 e. The molecule has 0 bridgehead atoms. The third-order valence-corrected chi connectivity index (χ3v) is 2.62. The van der Waals surface area contributed by atoms with Crippen molar-refractivity contribution in [2.45, 2.75) is 52.6 Å². The standard InChI is InChI=1S/C12H23N3/c1-10(2)5-4-6-11(3)13-9-12-7-8-14-15-12/h7-8,10-11,13H,4-6,9H2,1-3H3,(H,14,15). The van der Waals surface area contributed by atoms with E-state index in [-0.39, 0.29) is 0 Å². The summed E-state index contributed by atoms with van der Waals surface area (Å²) in [5.74, 6) is 0.824. The van der Waals surface area contributed by atoms with E-state index in [4.69, 9.17) is 0 Å². The first-order valence-electron chi connectivity index (χ1n) is 5.90. The number of nitrogens with zero attached hydrogens (tertiary/aromatic N) is 1. The van der Waals surface area contributed by atoms with Crippen LogP contribution in [-0.2, 0) is 6.54 Å². The van der Waals surface area contributed by atoms with Crippen LogP contribution in [0.3, 0.4) is 0 Å². The number of hydrogen-bond acceptors (Lipinski definition) is 2. The van der Waals surface area contributed by atoms with Gasteiger partial charge in [0, 0.05) is 24.5 Å². The van der Waals surface area contributed by atoms with Gasteiger partial charge in [-0.05, 0) is 25.3 Å². The zero-order chi connectivity index (χ0) is 11.1. The number of nitrogens with one attached hydrogen (secondary N) is 2. The van der Waals surface area contributed by atoms with Gasteiger partial charge in [-0.2, -0.15) is 5.10 Å². The number of aromatic amines is 1. The molecule has 0 aliphatic rings. The van der Waals surface area contributed by atoms with E-state index in [1.165, 1.54) is 19.3 Å². The van der Waals surface area contributed by atoms with Gasteiger partial charge < -0.3 is 5.32 Å². The highest BCUT2D eigenvalue weighted by Crippen LogP contribution is 2.08. The molecule has 0 spiro atoms. The van der Waals surface area contributed by atoms with E-state index >= 15 is 0 Å². The SMILES string of the molecule is CC(C)CCCC(C)NCc1ccn[nH]1. The third-order valence-electron chi connectivity index (χ3n) is 2.62. The monoisotopic (exact) mass is 209 g/mol. The molecule has 1 rings (SSSR count). The summed E-state index contributed by atoms with van der Waals surface area (Å²) in [6.45, 7) is 7.70. The zero-order valence-electron chi connectivity index (χ0n) is 10.1. The Bertz CT molecular complexity index is 241. The highest BCUT2D eigenvalue weighted by molar-refractivity contribution is 4.96. The van der Waals surface area contributed by atoms with E-state index in [1.807, 2.05) is 6.07 Å². The van der Waals surface area contributed by atoms with Gasteiger partial charge in [-0.15, -0.1) is 0 Å². The van der Waals surface area contributed by atoms with Crippen LogP contribution in [0.1, 0.15) is 45.7 Å². The number of rotatable bonds is 7. The van der Waals surface area contributed by atoms with Crippen molar-refractivity contribution in [1.29, 1.82) is 0 Å². The Labute approximate surface area is 92.7 Å². The minimum atomic E-state index is 0.590. The molecule has 0 amide bonds. The normalized spacial score (nSPS) is 13.3. The van der Waals surface area contributed by atoms with Gasteiger partial charge in [0.2, 0.25) is 0 Å². The molecule has 0 saturated carbocycles. The van der Waals surface area contributed by atoms with Gasteiger partial charge in [-0.25, -0.2) is 0 Å². The first-order chi connectivity index (χ1) is 7.18. The zero-order valence-corrected chi connectivity index (χ0v) is 10.1. The lowest BCUT2D eigenvalue weighted by atomic mass is 10.0. The lowest BCUT2D eigenvalue weighted by molar-refractivity contribution is 0.455. The highest BCUT2D eigenvalue weighted by Gasteiger charge is 2.02. The summed E-state index contributed by atoms with van der Waals surface area (Å²) >= 11 is 0. The van der Waals surface area contributed by atoms with Gasteiger partial charge in [-0.3, -0.25) is 5.10 Å². The van der Waals surface area contributed by atoms with Gasteiger partial charge in [0.25, 0.3) is 0 Å². The van der Waals surface area contributed by atoms with E-state index in [9.17, 15) is 0 Å². The molecule has 3 nitrogen and oxygen atoms in total. The molecule has 1 unspecified atom stereocenters. The molecule has 0 saturated heterocycles. The van der Waals surface area contributed by atoms with Crippen LogP contribution in [0.25, 0.3) is 0 Å². The molecule has 0 aromatic carbocycles. The molecule has 1 aromatic heterocycles. The topological polar surface area (TPSA) is 40.7 Å². The van der Waals surface area contributed by atoms with Gasteiger partial charge in [0.15, 0.2) is 0 Å². The molecule has 0 fully saturated rings. The van der Waals surface area contributed by atoms with Crippen LogP contribution in [0.2, 0.25) is 0 Å². The largest absolute Gasteiger partial charge is 0.309 e. The Morgan fingerprint density at radius 3 is 2.73 bits per heavy atom. The Kier molecular flexibility index (Phi) is 5.40. The van der Waals surface area contributed by atoms with Crippen molar-refractivity contribution in [3.63, 3.8) is 0 Å². The quantitative estimate of drug-likeness (QED) is 0.725. The molecule has 15 heavy (non-hydrogen) atoms. The van der Waals surface area contributed by atoms with Crippen molar-refractivity contribution >= 4 is 0 Å². The minimum Gasteiger partial charge on any atom is -0.309 e. The second-order valence-electron chi connectivity index (χ2n) is 4.69. The predicted molar refractivity (Wildman–Crippen MR) is 63.6 cm³/mol. The Hall–Kier alpha value is -0.830. The fourth-order valence-electron chi connectivity index (χ4n) is 1.60. The van der Waals surface area contributed by atoms with Crippen LogP contribution in [0, 0.1) is 5.92 Å². The van der Waals surface area contributed by atoms with Crippen molar-refractivity contribution in [2.75, 3.05) is 0 Å². The minimum absolute atomic E-state index is 0.590. The summed E-state index contributed by atoms with van der Waals surface area (Å²) in [6.07, 6.45) is 5.69. The predicted octanol–water partition coefficient (Wildman–Crippen LogP) is 2.71. The van der Waals surface area contributed by atoms with Gasteiger partial charge in [-0.1, -0.05) is 26.7 Å². The lowest BCUT2D eigenvalue weighted by Gasteiger charge is -2.13. The van der Waals surface area contributed by atoms with Crippen molar-refractivity contribution in [1.82, 2.24) is 15.5 Å². The van der Waals surface area contributed by atoms with Crippen molar-refractivity contribution < 1.29 is 0 Å². The van der Waals surface area contributed by atoms with Crippen molar-refractivity contribution in [3.05, 3.63) is 18.0 Å². The van der Waals surface area contributed by atoms with Crippen LogP contribution < -0.4 is 5.32 Å². The van der Waals surface area contributed by atoms with Gasteiger partial charge >= 0.3 is 0 Å². The molecule has 1 aromatic rings. The molecule has 0 aliphatic carbocycles. The summed E-state index contributed by atoms with van der Waals surface area (Å²) < 4.78 is 0. The second kappa shape index (κ2) is 6.62. The number of hydrogen-bond donors (Lipinski definition) is 2. The highest BCUT2D eigenvalue weighted by atomic mass is 15.1. The molecule has 3 heteroatoms. The van der Waals surface area contributed by atoms with Crippen LogP contribution in [0.4, 0.5) is 0 Å². The summed E-state index contributed by atoms with van der Waals surface area (Å²) in [4.78, 5) is 0. The average Bonchev–Trinajstić information content (AvgIpc) is 2.66. The fourth-order valence-corrected chi connectivity index (χ4v) is 1.60.